The second kappa shape index (κ2) is 10.9. The number of benzene rings is 2. The van der Waals surface area contributed by atoms with E-state index in [2.05, 4.69) is 5.32 Å². The molecule has 178 valence electrons. The number of hydrogen-bond donors (Lipinski definition) is 2. The summed E-state index contributed by atoms with van der Waals surface area (Å²) in [6.07, 6.45) is -0.397. The maximum absolute atomic E-state index is 11.7. The summed E-state index contributed by atoms with van der Waals surface area (Å²) in [7, 11) is 0. The predicted molar refractivity (Wildman–Crippen MR) is 125 cm³/mol. The topological polar surface area (TPSA) is 94.1 Å². The van der Waals surface area contributed by atoms with Gasteiger partial charge in [0.2, 0.25) is 0 Å². The highest BCUT2D eigenvalue weighted by Crippen LogP contribution is 2.30. The summed E-state index contributed by atoms with van der Waals surface area (Å²) in [5, 5.41) is 12.7. The number of rotatable bonds is 11. The minimum atomic E-state index is -1.10. The molecule has 0 aromatic heterocycles. The van der Waals surface area contributed by atoms with Gasteiger partial charge in [0.05, 0.1) is 13.2 Å². The van der Waals surface area contributed by atoms with E-state index in [1.54, 1.807) is 6.92 Å². The Morgan fingerprint density at radius 3 is 2.30 bits per heavy atom. The molecule has 7 heteroatoms. The highest BCUT2D eigenvalue weighted by Gasteiger charge is 2.41. The lowest BCUT2D eigenvalue weighted by Gasteiger charge is -2.20. The number of carboxylic acid groups (broad SMARTS) is 1. The van der Waals surface area contributed by atoms with E-state index in [1.165, 1.54) is 6.92 Å². The number of Topliss-reactive ketones (excluding diaryl/α,β-unsaturated/α-hetero) is 1. The van der Waals surface area contributed by atoms with Gasteiger partial charge in [-0.3, -0.25) is 9.59 Å². The molecule has 1 aliphatic heterocycles. The number of carboxylic acids is 1. The molecule has 0 spiro atoms. The van der Waals surface area contributed by atoms with Gasteiger partial charge in [-0.25, -0.2) is 0 Å². The second-order valence-corrected chi connectivity index (χ2v) is 8.93. The summed E-state index contributed by atoms with van der Waals surface area (Å²) in [6, 6.07) is 17.4. The Hall–Kier alpha value is -2.74. The Bertz CT molecular complexity index is 914. The number of hydrogen-bond acceptors (Lipinski definition) is 6. The highest BCUT2D eigenvalue weighted by molar-refractivity contribution is 5.97. The van der Waals surface area contributed by atoms with Crippen molar-refractivity contribution in [1.29, 1.82) is 0 Å². The number of carbonyl (C=O) groups is 2. The van der Waals surface area contributed by atoms with Crippen LogP contribution in [-0.2, 0) is 30.4 Å². The molecule has 2 N–H and O–H groups in total. The lowest BCUT2D eigenvalue weighted by molar-refractivity contribution is -0.150. The monoisotopic (exact) mass is 455 g/mol. The molecule has 1 fully saturated rings. The Balaban J connectivity index is 1.55. The first-order valence-corrected chi connectivity index (χ1v) is 11.2. The fraction of sp³-hybridized carbons (Fsp3) is 0.462. The van der Waals surface area contributed by atoms with Crippen molar-refractivity contribution in [2.45, 2.75) is 58.2 Å². The molecule has 1 heterocycles. The van der Waals surface area contributed by atoms with Crippen LogP contribution >= 0.6 is 0 Å². The molecule has 1 aliphatic rings. The van der Waals surface area contributed by atoms with Crippen molar-refractivity contribution < 1.29 is 28.9 Å². The zero-order valence-corrected chi connectivity index (χ0v) is 19.6. The summed E-state index contributed by atoms with van der Waals surface area (Å²) in [5.74, 6) is -3.60. The van der Waals surface area contributed by atoms with E-state index in [4.69, 9.17) is 14.2 Å². The summed E-state index contributed by atoms with van der Waals surface area (Å²) >= 11 is 0. The summed E-state index contributed by atoms with van der Waals surface area (Å²) in [6.45, 7) is 8.32. The van der Waals surface area contributed by atoms with Crippen molar-refractivity contribution in [2.24, 2.45) is 5.92 Å². The third-order valence-corrected chi connectivity index (χ3v) is 5.83. The third-order valence-electron chi connectivity index (χ3n) is 5.83. The number of aliphatic carboxylic acids is 1. The lowest BCUT2D eigenvalue weighted by Crippen LogP contribution is -2.33. The van der Waals surface area contributed by atoms with Crippen LogP contribution in [0.5, 0.6) is 0 Å². The lowest BCUT2D eigenvalue weighted by atomic mass is 9.85. The molecule has 2 aromatic rings. The fourth-order valence-corrected chi connectivity index (χ4v) is 4.15. The molecule has 2 aromatic carbocycles. The van der Waals surface area contributed by atoms with Crippen molar-refractivity contribution in [3.8, 4) is 0 Å². The van der Waals surface area contributed by atoms with Crippen LogP contribution in [0.25, 0.3) is 0 Å². The normalized spacial score (nSPS) is 21.3. The number of ether oxygens (including phenoxy) is 3. The molecular formula is C26H33NO6. The molecule has 4 unspecified atom stereocenters. The number of nitrogens with one attached hydrogen (secondary N) is 1. The first-order chi connectivity index (χ1) is 15.7. The Kier molecular flexibility index (Phi) is 8.24. The minimum absolute atomic E-state index is 0.191. The van der Waals surface area contributed by atoms with Gasteiger partial charge in [0, 0.05) is 18.2 Å². The first kappa shape index (κ1) is 24.9. The van der Waals surface area contributed by atoms with Crippen LogP contribution < -0.4 is 5.32 Å². The molecule has 7 nitrogen and oxygen atoms in total. The molecule has 0 saturated carbocycles. The minimum Gasteiger partial charge on any atom is -0.481 e. The van der Waals surface area contributed by atoms with Crippen molar-refractivity contribution in [1.82, 2.24) is 0 Å². The number of anilines is 1. The van der Waals surface area contributed by atoms with Crippen LogP contribution in [0.3, 0.4) is 0 Å². The van der Waals surface area contributed by atoms with E-state index in [9.17, 15) is 14.7 Å². The second-order valence-electron chi connectivity index (χ2n) is 8.93. The Morgan fingerprint density at radius 2 is 1.70 bits per heavy atom. The van der Waals surface area contributed by atoms with Crippen molar-refractivity contribution >= 4 is 17.4 Å². The highest BCUT2D eigenvalue weighted by atomic mass is 16.8. The third kappa shape index (κ3) is 6.87. The molecule has 0 radical (unpaired) electrons. The SMILES string of the molecule is CC(=O)C(C(=O)O)C(C)c1ccc(NCC2OC(C)(C)OC2COCc2ccccc2)cc1. The fourth-order valence-electron chi connectivity index (χ4n) is 4.15. The smallest absolute Gasteiger partial charge is 0.314 e. The number of ketones is 1. The average molecular weight is 456 g/mol. The van der Waals surface area contributed by atoms with E-state index in [0.29, 0.717) is 19.8 Å². The number of carbonyl (C=O) groups excluding carboxylic acids is 1. The maximum atomic E-state index is 11.7. The van der Waals surface area contributed by atoms with Crippen molar-refractivity contribution in [3.63, 3.8) is 0 Å². The van der Waals surface area contributed by atoms with Crippen LogP contribution in [0.1, 0.15) is 44.7 Å². The molecule has 3 rings (SSSR count). The summed E-state index contributed by atoms with van der Waals surface area (Å²) in [5.41, 5.74) is 2.78. The Morgan fingerprint density at radius 1 is 1.06 bits per heavy atom. The zero-order chi connectivity index (χ0) is 24.0. The zero-order valence-electron chi connectivity index (χ0n) is 19.6. The molecule has 33 heavy (non-hydrogen) atoms. The molecule has 1 saturated heterocycles. The van der Waals surface area contributed by atoms with Gasteiger partial charge in [-0.05, 0) is 44.0 Å². The van der Waals surface area contributed by atoms with Crippen molar-refractivity contribution in [2.75, 3.05) is 18.5 Å². The van der Waals surface area contributed by atoms with Gasteiger partial charge in [0.25, 0.3) is 0 Å². The molecule has 0 amide bonds. The molecular weight excluding hydrogens is 422 g/mol. The predicted octanol–water partition coefficient (Wildman–Crippen LogP) is 4.23. The van der Waals surface area contributed by atoms with E-state index in [-0.39, 0.29) is 18.0 Å². The van der Waals surface area contributed by atoms with Gasteiger partial charge in [-0.15, -0.1) is 0 Å². The largest absolute Gasteiger partial charge is 0.481 e. The molecule has 4 atom stereocenters. The van der Waals surface area contributed by atoms with Crippen LogP contribution in [-0.4, -0.2) is 48.0 Å². The van der Waals surface area contributed by atoms with Gasteiger partial charge < -0.3 is 24.6 Å². The Labute approximate surface area is 195 Å². The molecule has 0 aliphatic carbocycles. The quantitative estimate of drug-likeness (QED) is 0.490. The van der Waals surface area contributed by atoms with Crippen LogP contribution in [0.15, 0.2) is 54.6 Å². The average Bonchev–Trinajstić information content (AvgIpc) is 3.06. The van der Waals surface area contributed by atoms with Gasteiger partial charge in [0.1, 0.15) is 23.9 Å². The van der Waals surface area contributed by atoms with Gasteiger partial charge >= 0.3 is 5.97 Å². The summed E-state index contributed by atoms with van der Waals surface area (Å²) in [4.78, 5) is 23.2. The van der Waals surface area contributed by atoms with Gasteiger partial charge in [-0.2, -0.15) is 0 Å². The van der Waals surface area contributed by atoms with E-state index in [0.717, 1.165) is 16.8 Å². The van der Waals surface area contributed by atoms with Gasteiger partial charge in [-0.1, -0.05) is 49.4 Å². The van der Waals surface area contributed by atoms with Crippen molar-refractivity contribution in [3.05, 3.63) is 65.7 Å². The molecule has 0 bridgehead atoms. The van der Waals surface area contributed by atoms with Crippen LogP contribution in [0.2, 0.25) is 0 Å². The maximum Gasteiger partial charge on any atom is 0.314 e. The van der Waals surface area contributed by atoms with Gasteiger partial charge in [0.15, 0.2) is 5.79 Å². The summed E-state index contributed by atoms with van der Waals surface area (Å²) < 4.78 is 18.0. The van der Waals surface area contributed by atoms with Crippen LogP contribution in [0, 0.1) is 5.92 Å². The van der Waals surface area contributed by atoms with E-state index >= 15 is 0 Å². The van der Waals surface area contributed by atoms with E-state index in [1.807, 2.05) is 68.4 Å². The van der Waals surface area contributed by atoms with E-state index < -0.39 is 23.6 Å². The first-order valence-electron chi connectivity index (χ1n) is 11.2. The van der Waals surface area contributed by atoms with Crippen LogP contribution in [0.4, 0.5) is 5.69 Å². The standard InChI is InChI=1S/C26H33NO6/c1-17(24(18(2)28)25(29)30)20-10-12-21(13-11-20)27-14-22-23(33-26(3,4)32-22)16-31-15-19-8-6-5-7-9-19/h5-13,17,22-24,27H,14-16H2,1-4H3,(H,29,30).